The van der Waals surface area contributed by atoms with Crippen molar-refractivity contribution in [3.63, 3.8) is 0 Å². The van der Waals surface area contributed by atoms with Crippen LogP contribution in [0, 0.1) is 0 Å². The van der Waals surface area contributed by atoms with Gasteiger partial charge < -0.3 is 14.4 Å². The molecule has 1 rings (SSSR count). The van der Waals surface area contributed by atoms with E-state index in [0.717, 1.165) is 44.9 Å². The first kappa shape index (κ1) is 34.6. The van der Waals surface area contributed by atoms with Crippen molar-refractivity contribution in [3.05, 3.63) is 12.2 Å². The van der Waals surface area contributed by atoms with Gasteiger partial charge in [0.05, 0.1) is 15.9 Å². The molecule has 0 spiro atoms. The third kappa shape index (κ3) is 19.4. The largest absolute Gasteiger partial charge is 1.00 e. The Morgan fingerprint density at radius 3 is 2.06 bits per heavy atom. The maximum atomic E-state index is 12.6. The number of rotatable bonds is 21. The molecular formula is C26H47N2NaO5S. The molecular weight excluding hydrogens is 475 g/mol. The van der Waals surface area contributed by atoms with Crippen LogP contribution >= 0.6 is 0 Å². The Morgan fingerprint density at radius 2 is 1.51 bits per heavy atom. The normalized spacial score (nSPS) is 14.0. The predicted molar refractivity (Wildman–Crippen MR) is 136 cm³/mol. The maximum Gasteiger partial charge on any atom is 1.00 e. The quantitative estimate of drug-likeness (QED) is 0.0994. The topological polar surface area (TPSA) is 97.8 Å². The maximum absolute atomic E-state index is 12.6. The summed E-state index contributed by atoms with van der Waals surface area (Å²) in [6.45, 7) is 3.50. The number of likely N-dealkylation sites (tertiary alicyclic amines) is 1. The van der Waals surface area contributed by atoms with E-state index >= 15 is 0 Å². The van der Waals surface area contributed by atoms with Crippen molar-refractivity contribution in [2.75, 3.05) is 31.9 Å². The molecule has 0 aromatic carbocycles. The fourth-order valence-corrected chi connectivity index (χ4v) is 4.71. The summed E-state index contributed by atoms with van der Waals surface area (Å²) in [5.41, 5.74) is 0. The van der Waals surface area contributed by atoms with Crippen molar-refractivity contribution >= 4 is 21.9 Å². The van der Waals surface area contributed by atoms with Crippen molar-refractivity contribution in [2.45, 2.75) is 110 Å². The van der Waals surface area contributed by atoms with Crippen LogP contribution in [0.5, 0.6) is 0 Å². The van der Waals surface area contributed by atoms with E-state index in [9.17, 15) is 22.6 Å². The average Bonchev–Trinajstić information content (AvgIpc) is 3.20. The summed E-state index contributed by atoms with van der Waals surface area (Å²) in [5.74, 6) is -0.645. The molecule has 7 nitrogen and oxygen atoms in total. The number of carbonyl (C=O) groups is 2. The zero-order valence-corrected chi connectivity index (χ0v) is 25.2. The first-order valence-electron chi connectivity index (χ1n) is 13.5. The first-order valence-corrected chi connectivity index (χ1v) is 15.1. The average molecular weight is 523 g/mol. The van der Waals surface area contributed by atoms with Crippen LogP contribution in [0.3, 0.4) is 0 Å². The number of amides is 2. The van der Waals surface area contributed by atoms with Crippen LogP contribution in [0.25, 0.3) is 0 Å². The van der Waals surface area contributed by atoms with Gasteiger partial charge >= 0.3 is 29.6 Å². The molecule has 35 heavy (non-hydrogen) atoms. The standard InChI is InChI=1S/C26H48N2O5S.Na/c1-2-3-4-5-6-7-8-9-10-11-12-13-14-15-16-18-25(29)28(23-24-34(31,32)33)22-21-27-20-17-19-26(27)30;/h9-10H,2-8,11-24H2,1H3,(H,31,32,33);/q;+1/p-1/b10-9-;. The van der Waals surface area contributed by atoms with E-state index in [1.165, 1.54) is 49.8 Å². The molecule has 0 unspecified atom stereocenters. The van der Waals surface area contributed by atoms with Crippen LogP contribution in [0.2, 0.25) is 0 Å². The number of unbranched alkanes of at least 4 members (excludes halogenated alkanes) is 11. The molecule has 1 aliphatic rings. The molecule has 0 atom stereocenters. The smallest absolute Gasteiger partial charge is 0.748 e. The molecule has 1 fully saturated rings. The van der Waals surface area contributed by atoms with Gasteiger partial charge in [0.25, 0.3) is 0 Å². The molecule has 0 N–H and O–H groups in total. The predicted octanol–water partition coefficient (Wildman–Crippen LogP) is 2.02. The molecule has 0 aliphatic carbocycles. The van der Waals surface area contributed by atoms with Gasteiger partial charge in [0, 0.05) is 39.0 Å². The fourth-order valence-electron chi connectivity index (χ4n) is 4.27. The number of hydrogen-bond donors (Lipinski definition) is 0. The minimum atomic E-state index is -4.38. The summed E-state index contributed by atoms with van der Waals surface area (Å²) < 4.78 is 33.0. The van der Waals surface area contributed by atoms with Gasteiger partial charge in [0.2, 0.25) is 11.8 Å². The van der Waals surface area contributed by atoms with Gasteiger partial charge in [0.1, 0.15) is 0 Å². The third-order valence-corrected chi connectivity index (χ3v) is 7.11. The Labute approximate surface area is 236 Å². The number of nitrogens with zero attached hydrogens (tertiary/aromatic N) is 2. The monoisotopic (exact) mass is 522 g/mol. The minimum Gasteiger partial charge on any atom is -0.748 e. The summed E-state index contributed by atoms with van der Waals surface area (Å²) in [7, 11) is -4.38. The molecule has 0 aromatic heterocycles. The van der Waals surface area contributed by atoms with Gasteiger partial charge in [-0.3, -0.25) is 9.59 Å². The fraction of sp³-hybridized carbons (Fsp3) is 0.846. The Bertz CT molecular complexity index is 700. The van der Waals surface area contributed by atoms with Crippen LogP contribution in [0.1, 0.15) is 110 Å². The van der Waals surface area contributed by atoms with E-state index in [1.54, 1.807) is 4.90 Å². The Balaban J connectivity index is 0.0000116. The van der Waals surface area contributed by atoms with Gasteiger partial charge in [-0.2, -0.15) is 0 Å². The molecule has 2 amide bonds. The van der Waals surface area contributed by atoms with Gasteiger partial charge in [-0.05, 0) is 38.5 Å². The second-order valence-electron chi connectivity index (χ2n) is 9.46. The van der Waals surface area contributed by atoms with Gasteiger partial charge in [-0.1, -0.05) is 70.4 Å². The van der Waals surface area contributed by atoms with Gasteiger partial charge in [-0.15, -0.1) is 0 Å². The van der Waals surface area contributed by atoms with Gasteiger partial charge in [-0.25, -0.2) is 8.42 Å². The van der Waals surface area contributed by atoms with Gasteiger partial charge in [0.15, 0.2) is 0 Å². The molecule has 1 saturated heterocycles. The summed E-state index contributed by atoms with van der Waals surface area (Å²) >= 11 is 0. The first-order chi connectivity index (χ1) is 16.3. The van der Waals surface area contributed by atoms with E-state index in [0.29, 0.717) is 25.9 Å². The van der Waals surface area contributed by atoms with E-state index in [2.05, 4.69) is 19.1 Å². The second-order valence-corrected chi connectivity index (χ2v) is 11.0. The zero-order valence-electron chi connectivity index (χ0n) is 22.3. The number of allylic oxidation sites excluding steroid dienone is 2. The van der Waals surface area contributed by atoms with Crippen LogP contribution in [-0.4, -0.2) is 66.5 Å². The van der Waals surface area contributed by atoms with Crippen LogP contribution in [-0.2, 0) is 19.7 Å². The summed E-state index contributed by atoms with van der Waals surface area (Å²) in [6, 6.07) is 0. The van der Waals surface area contributed by atoms with Crippen LogP contribution in [0.15, 0.2) is 12.2 Å². The summed E-state index contributed by atoms with van der Waals surface area (Å²) in [6.07, 6.45) is 21.7. The molecule has 1 aliphatic heterocycles. The molecule has 0 aromatic rings. The van der Waals surface area contributed by atoms with E-state index in [-0.39, 0.29) is 54.5 Å². The van der Waals surface area contributed by atoms with E-state index in [1.807, 2.05) is 0 Å². The second kappa shape index (κ2) is 21.7. The Hall–Kier alpha value is -0.410. The van der Waals surface area contributed by atoms with Crippen molar-refractivity contribution in [2.24, 2.45) is 0 Å². The molecule has 0 bridgehead atoms. The molecule has 0 saturated carbocycles. The molecule has 1 heterocycles. The summed E-state index contributed by atoms with van der Waals surface area (Å²) in [4.78, 5) is 27.5. The van der Waals surface area contributed by atoms with Crippen molar-refractivity contribution < 1.29 is 52.1 Å². The number of carbonyl (C=O) groups excluding carboxylic acids is 2. The third-order valence-electron chi connectivity index (χ3n) is 6.43. The zero-order chi connectivity index (χ0) is 25.1. The van der Waals surface area contributed by atoms with Crippen LogP contribution in [0.4, 0.5) is 0 Å². The van der Waals surface area contributed by atoms with E-state index in [4.69, 9.17) is 0 Å². The number of hydrogen-bond acceptors (Lipinski definition) is 5. The summed E-state index contributed by atoms with van der Waals surface area (Å²) in [5, 5.41) is 0. The molecule has 9 heteroatoms. The Kier molecular flexibility index (Phi) is 21.4. The minimum absolute atomic E-state index is 0. The van der Waals surface area contributed by atoms with Crippen molar-refractivity contribution in [3.8, 4) is 0 Å². The van der Waals surface area contributed by atoms with Crippen molar-refractivity contribution in [1.29, 1.82) is 0 Å². The molecule has 0 radical (unpaired) electrons. The van der Waals surface area contributed by atoms with E-state index < -0.39 is 15.9 Å². The van der Waals surface area contributed by atoms with Crippen molar-refractivity contribution in [1.82, 2.24) is 9.80 Å². The molecule has 198 valence electrons. The SMILES string of the molecule is CCCCCCCC/C=C\CCCCCCCC(=O)N(CCN1CCCC1=O)CCS(=O)(=O)[O-].[Na+]. The van der Waals surface area contributed by atoms with Crippen LogP contribution < -0.4 is 29.6 Å². The Morgan fingerprint density at radius 1 is 0.943 bits per heavy atom.